The SMILES string of the molecule is CCOc1ccc(-n2c(SCCOc3ccc(Cl)cc3Cl)nc3ccccc32)cc1. The summed E-state index contributed by atoms with van der Waals surface area (Å²) in [6.07, 6.45) is 0. The van der Waals surface area contributed by atoms with Gasteiger partial charge in [-0.15, -0.1) is 0 Å². The zero-order chi connectivity index (χ0) is 20.9. The van der Waals surface area contributed by atoms with E-state index in [-0.39, 0.29) is 0 Å². The van der Waals surface area contributed by atoms with Gasteiger partial charge in [0.05, 0.1) is 29.3 Å². The van der Waals surface area contributed by atoms with Gasteiger partial charge in [0.25, 0.3) is 0 Å². The van der Waals surface area contributed by atoms with Gasteiger partial charge < -0.3 is 9.47 Å². The summed E-state index contributed by atoms with van der Waals surface area (Å²) in [5.74, 6) is 2.20. The molecule has 4 rings (SSSR count). The second-order valence-electron chi connectivity index (χ2n) is 6.42. The van der Waals surface area contributed by atoms with Crippen molar-refractivity contribution in [3.8, 4) is 17.2 Å². The molecule has 0 spiro atoms. The maximum atomic E-state index is 6.18. The maximum Gasteiger partial charge on any atom is 0.173 e. The predicted octanol–water partition coefficient (Wildman–Crippen LogP) is 6.90. The molecule has 0 saturated heterocycles. The number of fused-ring (bicyclic) bond motifs is 1. The summed E-state index contributed by atoms with van der Waals surface area (Å²) >= 11 is 13.8. The van der Waals surface area contributed by atoms with Gasteiger partial charge in [0.15, 0.2) is 5.16 Å². The molecule has 0 fully saturated rings. The Balaban J connectivity index is 1.52. The molecular weight excluding hydrogens is 439 g/mol. The fraction of sp³-hybridized carbons (Fsp3) is 0.174. The quantitative estimate of drug-likeness (QED) is 0.212. The molecule has 0 aliphatic rings. The fourth-order valence-electron chi connectivity index (χ4n) is 3.09. The van der Waals surface area contributed by atoms with Gasteiger partial charge in [-0.25, -0.2) is 4.98 Å². The summed E-state index contributed by atoms with van der Waals surface area (Å²) in [5.41, 5.74) is 3.05. The molecule has 0 aliphatic heterocycles. The molecule has 3 aromatic carbocycles. The molecule has 0 bridgehead atoms. The normalized spacial score (nSPS) is 11.0. The molecule has 0 radical (unpaired) electrons. The van der Waals surface area contributed by atoms with Crippen LogP contribution in [0, 0.1) is 0 Å². The van der Waals surface area contributed by atoms with Crippen LogP contribution in [-0.4, -0.2) is 28.5 Å². The van der Waals surface area contributed by atoms with E-state index in [4.69, 9.17) is 37.7 Å². The second kappa shape index (κ2) is 9.65. The van der Waals surface area contributed by atoms with Crippen molar-refractivity contribution >= 4 is 46.0 Å². The highest BCUT2D eigenvalue weighted by Gasteiger charge is 2.13. The largest absolute Gasteiger partial charge is 0.494 e. The second-order valence-corrected chi connectivity index (χ2v) is 8.32. The van der Waals surface area contributed by atoms with Gasteiger partial charge in [-0.1, -0.05) is 47.1 Å². The number of imidazole rings is 1. The van der Waals surface area contributed by atoms with Gasteiger partial charge in [0.2, 0.25) is 0 Å². The van der Waals surface area contributed by atoms with E-state index in [1.165, 1.54) is 0 Å². The Morgan fingerprint density at radius 3 is 2.53 bits per heavy atom. The first-order valence-electron chi connectivity index (χ1n) is 9.57. The molecule has 30 heavy (non-hydrogen) atoms. The minimum absolute atomic E-state index is 0.499. The molecule has 0 aliphatic carbocycles. The molecule has 4 aromatic rings. The summed E-state index contributed by atoms with van der Waals surface area (Å²) in [4.78, 5) is 4.82. The molecule has 0 atom stereocenters. The van der Waals surface area contributed by atoms with Crippen LogP contribution in [0.5, 0.6) is 11.5 Å². The van der Waals surface area contributed by atoms with Crippen molar-refractivity contribution in [3.05, 3.63) is 76.8 Å². The Kier molecular flexibility index (Phi) is 6.72. The summed E-state index contributed by atoms with van der Waals surface area (Å²) < 4.78 is 13.5. The minimum atomic E-state index is 0.499. The van der Waals surface area contributed by atoms with Gasteiger partial charge >= 0.3 is 0 Å². The van der Waals surface area contributed by atoms with Gasteiger partial charge in [0.1, 0.15) is 11.5 Å². The Hall–Kier alpha value is -2.34. The average molecular weight is 459 g/mol. The fourth-order valence-corrected chi connectivity index (χ4v) is 4.39. The first kappa shape index (κ1) is 20.9. The maximum absolute atomic E-state index is 6.18. The van der Waals surface area contributed by atoms with E-state index in [0.717, 1.165) is 33.4 Å². The van der Waals surface area contributed by atoms with Crippen LogP contribution in [0.2, 0.25) is 10.0 Å². The summed E-state index contributed by atoms with van der Waals surface area (Å²) in [6, 6.07) is 21.4. The Morgan fingerprint density at radius 1 is 0.967 bits per heavy atom. The number of para-hydroxylation sites is 2. The van der Waals surface area contributed by atoms with Crippen molar-refractivity contribution < 1.29 is 9.47 Å². The van der Waals surface area contributed by atoms with Gasteiger partial charge in [-0.05, 0) is 61.5 Å². The lowest BCUT2D eigenvalue weighted by molar-refractivity contribution is 0.340. The van der Waals surface area contributed by atoms with Gasteiger partial charge in [-0.3, -0.25) is 4.57 Å². The van der Waals surface area contributed by atoms with E-state index < -0.39 is 0 Å². The van der Waals surface area contributed by atoms with Crippen LogP contribution in [0.25, 0.3) is 16.7 Å². The zero-order valence-corrected chi connectivity index (χ0v) is 18.7. The van der Waals surface area contributed by atoms with Gasteiger partial charge in [0, 0.05) is 16.5 Å². The standard InChI is InChI=1S/C23H20Cl2N2O2S/c1-2-28-18-10-8-17(9-11-18)27-21-6-4-3-5-20(21)26-23(27)30-14-13-29-22-12-7-16(24)15-19(22)25/h3-12,15H,2,13-14H2,1H3. The monoisotopic (exact) mass is 458 g/mol. The van der Waals surface area contributed by atoms with E-state index in [1.807, 2.05) is 49.4 Å². The van der Waals surface area contributed by atoms with E-state index in [0.29, 0.717) is 29.0 Å². The number of hydrogen-bond donors (Lipinski definition) is 0. The van der Waals surface area contributed by atoms with Crippen molar-refractivity contribution in [1.29, 1.82) is 0 Å². The number of thioether (sulfide) groups is 1. The molecule has 154 valence electrons. The average Bonchev–Trinajstić information content (AvgIpc) is 3.11. The molecule has 1 aromatic heterocycles. The Morgan fingerprint density at radius 2 is 1.77 bits per heavy atom. The lowest BCUT2D eigenvalue weighted by atomic mass is 10.2. The third-order valence-electron chi connectivity index (χ3n) is 4.40. The number of nitrogens with zero attached hydrogens (tertiary/aromatic N) is 2. The van der Waals surface area contributed by atoms with Gasteiger partial charge in [-0.2, -0.15) is 0 Å². The molecule has 1 heterocycles. The molecule has 0 N–H and O–H groups in total. The van der Waals surface area contributed by atoms with Crippen molar-refractivity contribution in [2.75, 3.05) is 19.0 Å². The molecule has 0 saturated carbocycles. The molecule has 0 amide bonds. The van der Waals surface area contributed by atoms with Crippen LogP contribution in [-0.2, 0) is 0 Å². The van der Waals surface area contributed by atoms with Crippen molar-refractivity contribution in [3.63, 3.8) is 0 Å². The first-order chi connectivity index (χ1) is 14.7. The number of ether oxygens (including phenoxy) is 2. The zero-order valence-electron chi connectivity index (χ0n) is 16.3. The third-order valence-corrected chi connectivity index (χ3v) is 5.84. The first-order valence-corrected chi connectivity index (χ1v) is 11.3. The smallest absolute Gasteiger partial charge is 0.173 e. The number of rotatable bonds is 8. The Labute approximate surface area is 189 Å². The van der Waals surface area contributed by atoms with Crippen molar-refractivity contribution in [2.24, 2.45) is 0 Å². The summed E-state index contributed by atoms with van der Waals surface area (Å²) in [7, 11) is 0. The van der Waals surface area contributed by atoms with Crippen LogP contribution in [0.4, 0.5) is 0 Å². The lowest BCUT2D eigenvalue weighted by Gasteiger charge is -2.11. The topological polar surface area (TPSA) is 36.3 Å². The lowest BCUT2D eigenvalue weighted by Crippen LogP contribution is -2.03. The minimum Gasteiger partial charge on any atom is -0.494 e. The highest BCUT2D eigenvalue weighted by Crippen LogP contribution is 2.30. The summed E-state index contributed by atoms with van der Waals surface area (Å²) in [6.45, 7) is 3.12. The Bertz CT molecular complexity index is 1150. The highest BCUT2D eigenvalue weighted by atomic mass is 35.5. The van der Waals surface area contributed by atoms with E-state index >= 15 is 0 Å². The number of aromatic nitrogens is 2. The number of benzene rings is 3. The van der Waals surface area contributed by atoms with E-state index in [2.05, 4.69) is 10.6 Å². The predicted molar refractivity (Wildman–Crippen MR) is 125 cm³/mol. The van der Waals surface area contributed by atoms with Crippen LogP contribution < -0.4 is 9.47 Å². The molecular formula is C23H20Cl2N2O2S. The van der Waals surface area contributed by atoms with E-state index in [9.17, 15) is 0 Å². The highest BCUT2D eigenvalue weighted by molar-refractivity contribution is 7.99. The van der Waals surface area contributed by atoms with Crippen LogP contribution in [0.3, 0.4) is 0 Å². The number of halogens is 2. The van der Waals surface area contributed by atoms with E-state index in [1.54, 1.807) is 30.0 Å². The van der Waals surface area contributed by atoms with Crippen molar-refractivity contribution in [1.82, 2.24) is 9.55 Å². The van der Waals surface area contributed by atoms with Crippen LogP contribution in [0.15, 0.2) is 71.9 Å². The third kappa shape index (κ3) is 4.69. The molecule has 0 unspecified atom stereocenters. The van der Waals surface area contributed by atoms with Crippen LogP contribution >= 0.6 is 35.0 Å². The van der Waals surface area contributed by atoms with Crippen LogP contribution in [0.1, 0.15) is 6.92 Å². The molecule has 4 nitrogen and oxygen atoms in total. The number of hydrogen-bond acceptors (Lipinski definition) is 4. The summed E-state index contributed by atoms with van der Waals surface area (Å²) in [5, 5.41) is 2.01. The van der Waals surface area contributed by atoms with Crippen molar-refractivity contribution in [2.45, 2.75) is 12.1 Å². The molecule has 7 heteroatoms.